The summed E-state index contributed by atoms with van der Waals surface area (Å²) in [5, 5.41) is 4.52. The van der Waals surface area contributed by atoms with E-state index in [4.69, 9.17) is 11.6 Å². The molecule has 1 heterocycles. The van der Waals surface area contributed by atoms with Crippen molar-refractivity contribution in [2.24, 2.45) is 0 Å². The standard InChI is InChI=1S/C20H17ClN2O2/c21-13-7-5-12(6-8-13)19(24)22-14-9-10-16-15-3-1-2-4-17(15)20(25)23-18(16)11-14/h5-11H,1-4H2,(H,22,24)(H,23,25). The SMILES string of the molecule is O=C(Nc1ccc2c3c(c(=O)[nH]c2c1)CCCC3)c1ccc(Cl)cc1. The predicted molar refractivity (Wildman–Crippen MR) is 101 cm³/mol. The number of anilines is 1. The highest BCUT2D eigenvalue weighted by atomic mass is 35.5. The van der Waals surface area contributed by atoms with Crippen LogP contribution in [0.15, 0.2) is 47.3 Å². The number of pyridine rings is 1. The van der Waals surface area contributed by atoms with Crippen LogP contribution in [-0.4, -0.2) is 10.9 Å². The third kappa shape index (κ3) is 3.05. The number of hydrogen-bond donors (Lipinski definition) is 2. The number of aromatic amines is 1. The number of hydrogen-bond acceptors (Lipinski definition) is 2. The van der Waals surface area contributed by atoms with E-state index in [-0.39, 0.29) is 11.5 Å². The smallest absolute Gasteiger partial charge is 0.255 e. The molecule has 0 saturated carbocycles. The molecule has 126 valence electrons. The van der Waals surface area contributed by atoms with Gasteiger partial charge in [0.05, 0.1) is 5.52 Å². The number of carbonyl (C=O) groups is 1. The Morgan fingerprint density at radius 2 is 1.72 bits per heavy atom. The third-order valence-corrected chi connectivity index (χ3v) is 4.95. The van der Waals surface area contributed by atoms with Crippen LogP contribution in [0.1, 0.15) is 34.3 Å². The average Bonchev–Trinajstić information content (AvgIpc) is 2.62. The van der Waals surface area contributed by atoms with Crippen molar-refractivity contribution in [3.05, 3.63) is 74.5 Å². The lowest BCUT2D eigenvalue weighted by Gasteiger charge is -2.17. The van der Waals surface area contributed by atoms with Gasteiger partial charge in [0.15, 0.2) is 0 Å². The van der Waals surface area contributed by atoms with E-state index in [1.165, 1.54) is 0 Å². The number of aromatic nitrogens is 1. The maximum Gasteiger partial charge on any atom is 0.255 e. The highest BCUT2D eigenvalue weighted by molar-refractivity contribution is 6.30. The molecule has 1 aromatic heterocycles. The van der Waals surface area contributed by atoms with E-state index < -0.39 is 0 Å². The zero-order chi connectivity index (χ0) is 17.4. The second kappa shape index (κ2) is 6.37. The van der Waals surface area contributed by atoms with Crippen LogP contribution in [-0.2, 0) is 12.8 Å². The van der Waals surface area contributed by atoms with Crippen molar-refractivity contribution >= 4 is 34.1 Å². The van der Waals surface area contributed by atoms with Gasteiger partial charge in [0.1, 0.15) is 0 Å². The summed E-state index contributed by atoms with van der Waals surface area (Å²) < 4.78 is 0. The Bertz CT molecular complexity index is 1020. The maximum absolute atomic E-state index is 12.3. The number of H-pyrrole nitrogens is 1. The molecule has 1 aliphatic rings. The van der Waals surface area contributed by atoms with Crippen LogP contribution in [0.5, 0.6) is 0 Å². The molecule has 0 atom stereocenters. The molecule has 1 aliphatic carbocycles. The number of aryl methyl sites for hydroxylation is 1. The van der Waals surface area contributed by atoms with Crippen molar-refractivity contribution < 1.29 is 4.79 Å². The topological polar surface area (TPSA) is 62.0 Å². The summed E-state index contributed by atoms with van der Waals surface area (Å²) in [5.41, 5.74) is 4.00. The van der Waals surface area contributed by atoms with Gasteiger partial charge < -0.3 is 10.3 Å². The summed E-state index contributed by atoms with van der Waals surface area (Å²) >= 11 is 5.85. The molecule has 25 heavy (non-hydrogen) atoms. The number of rotatable bonds is 2. The van der Waals surface area contributed by atoms with E-state index in [1.54, 1.807) is 24.3 Å². The molecule has 4 rings (SSSR count). The minimum absolute atomic E-state index is 0.0108. The van der Waals surface area contributed by atoms with Crippen LogP contribution in [0.25, 0.3) is 10.9 Å². The largest absolute Gasteiger partial charge is 0.322 e. The molecule has 0 aliphatic heterocycles. The lowest BCUT2D eigenvalue weighted by molar-refractivity contribution is 0.102. The molecule has 0 radical (unpaired) electrons. The van der Waals surface area contributed by atoms with Crippen molar-refractivity contribution in [1.82, 2.24) is 4.98 Å². The van der Waals surface area contributed by atoms with Crippen molar-refractivity contribution in [1.29, 1.82) is 0 Å². The van der Waals surface area contributed by atoms with Gasteiger partial charge in [0.25, 0.3) is 11.5 Å². The molecular formula is C20H17ClN2O2. The second-order valence-electron chi connectivity index (χ2n) is 6.34. The fourth-order valence-corrected chi connectivity index (χ4v) is 3.57. The highest BCUT2D eigenvalue weighted by Crippen LogP contribution is 2.27. The van der Waals surface area contributed by atoms with Gasteiger partial charge in [-0.3, -0.25) is 9.59 Å². The Morgan fingerprint density at radius 3 is 2.48 bits per heavy atom. The van der Waals surface area contributed by atoms with Gasteiger partial charge >= 0.3 is 0 Å². The predicted octanol–water partition coefficient (Wildman–Crippen LogP) is 4.31. The normalized spacial score (nSPS) is 13.5. The first-order valence-corrected chi connectivity index (χ1v) is 8.74. The van der Waals surface area contributed by atoms with Crippen LogP contribution < -0.4 is 10.9 Å². The van der Waals surface area contributed by atoms with E-state index in [9.17, 15) is 9.59 Å². The van der Waals surface area contributed by atoms with Gasteiger partial charge in [0.2, 0.25) is 0 Å². The molecule has 0 unspecified atom stereocenters. The molecule has 1 amide bonds. The summed E-state index contributed by atoms with van der Waals surface area (Å²) in [6.07, 6.45) is 3.96. The first-order valence-electron chi connectivity index (χ1n) is 8.36. The lowest BCUT2D eigenvalue weighted by Crippen LogP contribution is -2.19. The maximum atomic E-state index is 12.3. The van der Waals surface area contributed by atoms with Crippen LogP contribution in [0, 0.1) is 0 Å². The minimum atomic E-state index is -0.212. The zero-order valence-corrected chi connectivity index (χ0v) is 14.3. The number of fused-ring (bicyclic) bond motifs is 3. The molecule has 2 aromatic carbocycles. The summed E-state index contributed by atoms with van der Waals surface area (Å²) in [5.74, 6) is -0.212. The molecule has 4 nitrogen and oxygen atoms in total. The Hall–Kier alpha value is -2.59. The number of nitrogens with one attached hydrogen (secondary N) is 2. The monoisotopic (exact) mass is 352 g/mol. The van der Waals surface area contributed by atoms with Crippen LogP contribution in [0.2, 0.25) is 5.02 Å². The van der Waals surface area contributed by atoms with Gasteiger partial charge in [-0.1, -0.05) is 17.7 Å². The van der Waals surface area contributed by atoms with Crippen molar-refractivity contribution in [2.75, 3.05) is 5.32 Å². The Labute approximate surface area is 149 Å². The number of amides is 1. The van der Waals surface area contributed by atoms with Crippen molar-refractivity contribution in [3.8, 4) is 0 Å². The van der Waals surface area contributed by atoms with Crippen molar-refractivity contribution in [2.45, 2.75) is 25.7 Å². The lowest BCUT2D eigenvalue weighted by atomic mass is 9.90. The molecule has 0 fully saturated rings. The molecule has 0 spiro atoms. The van der Waals surface area contributed by atoms with Crippen LogP contribution >= 0.6 is 11.6 Å². The molecule has 0 bridgehead atoms. The minimum Gasteiger partial charge on any atom is -0.322 e. The van der Waals surface area contributed by atoms with E-state index in [0.29, 0.717) is 16.3 Å². The number of benzene rings is 2. The van der Waals surface area contributed by atoms with Crippen LogP contribution in [0.4, 0.5) is 5.69 Å². The first kappa shape index (κ1) is 15.9. The Kier molecular flexibility index (Phi) is 4.06. The summed E-state index contributed by atoms with van der Waals surface area (Å²) in [4.78, 5) is 27.6. The first-order chi connectivity index (χ1) is 12.1. The fourth-order valence-electron chi connectivity index (χ4n) is 3.44. The number of halogens is 1. The molecule has 5 heteroatoms. The quantitative estimate of drug-likeness (QED) is 0.721. The third-order valence-electron chi connectivity index (χ3n) is 4.70. The van der Waals surface area contributed by atoms with Gasteiger partial charge in [-0.25, -0.2) is 0 Å². The van der Waals surface area contributed by atoms with Gasteiger partial charge in [-0.2, -0.15) is 0 Å². The summed E-state index contributed by atoms with van der Waals surface area (Å²) in [7, 11) is 0. The van der Waals surface area contributed by atoms with Gasteiger partial charge in [0, 0.05) is 27.2 Å². The molecular weight excluding hydrogens is 336 g/mol. The van der Waals surface area contributed by atoms with E-state index in [1.807, 2.05) is 18.2 Å². The summed E-state index contributed by atoms with van der Waals surface area (Å²) in [6, 6.07) is 12.4. The Balaban J connectivity index is 1.68. The van der Waals surface area contributed by atoms with E-state index >= 15 is 0 Å². The molecule has 3 aromatic rings. The summed E-state index contributed by atoms with van der Waals surface area (Å²) in [6.45, 7) is 0. The second-order valence-corrected chi connectivity index (χ2v) is 6.78. The van der Waals surface area contributed by atoms with E-state index in [0.717, 1.165) is 47.7 Å². The molecule has 2 N–H and O–H groups in total. The van der Waals surface area contributed by atoms with E-state index in [2.05, 4.69) is 10.3 Å². The number of carbonyl (C=O) groups excluding carboxylic acids is 1. The fraction of sp³-hybridized carbons (Fsp3) is 0.200. The van der Waals surface area contributed by atoms with Crippen molar-refractivity contribution in [3.63, 3.8) is 0 Å². The zero-order valence-electron chi connectivity index (χ0n) is 13.6. The van der Waals surface area contributed by atoms with Gasteiger partial charge in [-0.15, -0.1) is 0 Å². The highest BCUT2D eigenvalue weighted by Gasteiger charge is 2.16. The van der Waals surface area contributed by atoms with Gasteiger partial charge in [-0.05, 0) is 67.6 Å². The molecule has 0 saturated heterocycles. The Morgan fingerprint density at radius 1 is 1.00 bits per heavy atom. The average molecular weight is 353 g/mol. The van der Waals surface area contributed by atoms with Crippen LogP contribution in [0.3, 0.4) is 0 Å².